The van der Waals surface area contributed by atoms with E-state index < -0.39 is 0 Å². The quantitative estimate of drug-likeness (QED) is 0.219. The van der Waals surface area contributed by atoms with Gasteiger partial charge in [-0.2, -0.15) is 10.5 Å². The summed E-state index contributed by atoms with van der Waals surface area (Å²) in [5.41, 5.74) is 8.62. The highest BCUT2D eigenvalue weighted by Crippen LogP contribution is 2.39. The summed E-state index contributed by atoms with van der Waals surface area (Å²) in [7, 11) is 0. The van der Waals surface area contributed by atoms with E-state index in [9.17, 15) is 10.5 Å². The molecule has 0 amide bonds. The molecule has 0 atom stereocenters. The van der Waals surface area contributed by atoms with Gasteiger partial charge in [0.2, 0.25) is 0 Å². The zero-order valence-corrected chi connectivity index (χ0v) is 23.1. The van der Waals surface area contributed by atoms with Crippen molar-refractivity contribution in [2.75, 3.05) is 0 Å². The van der Waals surface area contributed by atoms with Crippen LogP contribution in [0.4, 0.5) is 0 Å². The second kappa shape index (κ2) is 9.46. The molecule has 4 heteroatoms. The van der Waals surface area contributed by atoms with Gasteiger partial charge in [0, 0.05) is 30.9 Å². The maximum atomic E-state index is 9.70. The van der Waals surface area contributed by atoms with E-state index in [2.05, 4.69) is 97.1 Å². The van der Waals surface area contributed by atoms with Crippen LogP contribution >= 0.6 is 11.3 Å². The number of fused-ring (bicyclic) bond motifs is 6. The minimum absolute atomic E-state index is 0.373. The van der Waals surface area contributed by atoms with Crippen LogP contribution in [0.5, 0.6) is 0 Å². The Labute approximate surface area is 245 Å². The van der Waals surface area contributed by atoms with Crippen LogP contribution < -0.4 is 0 Å². The Morgan fingerprint density at radius 3 is 1.76 bits per heavy atom. The van der Waals surface area contributed by atoms with Gasteiger partial charge >= 0.3 is 0 Å². The molecule has 3 nitrogen and oxygen atoms in total. The smallest absolute Gasteiger partial charge is 0.136 e. The number of nitrogens with zero attached hydrogens (tertiary/aromatic N) is 2. The van der Waals surface area contributed by atoms with Crippen LogP contribution in [-0.2, 0) is 0 Å². The molecule has 8 rings (SSSR count). The Kier molecular flexibility index (Phi) is 5.44. The van der Waals surface area contributed by atoms with Gasteiger partial charge in [0.15, 0.2) is 0 Å². The molecular weight excluding hydrogens is 532 g/mol. The van der Waals surface area contributed by atoms with Crippen LogP contribution in [-0.4, -0.2) is 0 Å². The van der Waals surface area contributed by atoms with Gasteiger partial charge < -0.3 is 4.42 Å². The molecular formula is C38H20N2OS. The van der Waals surface area contributed by atoms with E-state index in [1.54, 1.807) is 23.5 Å². The van der Waals surface area contributed by atoms with Gasteiger partial charge in [-0.25, -0.2) is 0 Å². The van der Waals surface area contributed by atoms with E-state index in [0.717, 1.165) is 55.3 Å². The van der Waals surface area contributed by atoms with Crippen molar-refractivity contribution >= 4 is 53.4 Å². The molecule has 0 bridgehead atoms. The average molecular weight is 553 g/mol. The van der Waals surface area contributed by atoms with Gasteiger partial charge in [0.1, 0.15) is 23.3 Å². The summed E-state index contributed by atoms with van der Waals surface area (Å²) in [6.45, 7) is 0. The maximum absolute atomic E-state index is 9.70. The number of thiophene rings is 1. The Hall–Kier alpha value is -5.68. The number of nitriles is 2. The highest BCUT2D eigenvalue weighted by molar-refractivity contribution is 7.25. The minimum Gasteiger partial charge on any atom is -0.456 e. The monoisotopic (exact) mass is 552 g/mol. The highest BCUT2D eigenvalue weighted by atomic mass is 32.1. The SMILES string of the molecule is N#Cc1ccc(-c2cc(-c3ccc4c(c3)oc3ccccc34)cc(-c3ccc4c(c3)sc3ccccc34)c2)cc1C#N. The second-order valence-corrected chi connectivity index (χ2v) is 11.5. The summed E-state index contributed by atoms with van der Waals surface area (Å²) in [5, 5.41) is 23.9. The van der Waals surface area contributed by atoms with Crippen LogP contribution in [0, 0.1) is 22.7 Å². The summed E-state index contributed by atoms with van der Waals surface area (Å²) in [6, 6.07) is 45.9. The minimum atomic E-state index is 0.373. The van der Waals surface area contributed by atoms with Crippen LogP contribution in [0.3, 0.4) is 0 Å². The van der Waals surface area contributed by atoms with Crippen molar-refractivity contribution < 1.29 is 4.42 Å². The highest BCUT2D eigenvalue weighted by Gasteiger charge is 2.13. The molecule has 6 aromatic carbocycles. The summed E-state index contributed by atoms with van der Waals surface area (Å²) >= 11 is 1.80. The van der Waals surface area contributed by atoms with Crippen molar-refractivity contribution in [1.29, 1.82) is 10.5 Å². The summed E-state index contributed by atoms with van der Waals surface area (Å²) < 4.78 is 8.73. The first-order chi connectivity index (χ1) is 20.7. The van der Waals surface area contributed by atoms with Gasteiger partial charge in [-0.1, -0.05) is 60.7 Å². The van der Waals surface area contributed by atoms with Crippen LogP contribution in [0.15, 0.2) is 126 Å². The third kappa shape index (κ3) is 3.86. The molecule has 0 aliphatic heterocycles. The second-order valence-electron chi connectivity index (χ2n) is 10.4. The fourth-order valence-electron chi connectivity index (χ4n) is 5.85. The number of para-hydroxylation sites is 1. The Morgan fingerprint density at radius 2 is 1.00 bits per heavy atom. The summed E-state index contributed by atoms with van der Waals surface area (Å²) in [6.07, 6.45) is 0. The van der Waals surface area contributed by atoms with E-state index in [1.807, 2.05) is 24.3 Å². The third-order valence-electron chi connectivity index (χ3n) is 7.95. The van der Waals surface area contributed by atoms with E-state index in [1.165, 1.54) is 20.2 Å². The maximum Gasteiger partial charge on any atom is 0.136 e. The largest absolute Gasteiger partial charge is 0.456 e. The van der Waals surface area contributed by atoms with Crippen molar-refractivity contribution in [3.63, 3.8) is 0 Å². The van der Waals surface area contributed by atoms with Crippen molar-refractivity contribution in [2.24, 2.45) is 0 Å². The first kappa shape index (κ1) is 24.1. The molecule has 0 unspecified atom stereocenters. The van der Waals surface area contributed by atoms with E-state index in [0.29, 0.717) is 11.1 Å². The van der Waals surface area contributed by atoms with Crippen molar-refractivity contribution in [3.8, 4) is 45.5 Å². The lowest BCUT2D eigenvalue weighted by atomic mass is 9.91. The number of rotatable bonds is 3. The number of hydrogen-bond donors (Lipinski definition) is 0. The van der Waals surface area contributed by atoms with Crippen molar-refractivity contribution in [1.82, 2.24) is 0 Å². The molecule has 8 aromatic rings. The molecule has 0 fully saturated rings. The van der Waals surface area contributed by atoms with Crippen LogP contribution in [0.1, 0.15) is 11.1 Å². The topological polar surface area (TPSA) is 60.7 Å². The lowest BCUT2D eigenvalue weighted by molar-refractivity contribution is 0.669. The zero-order chi connectivity index (χ0) is 28.2. The molecule has 0 saturated carbocycles. The predicted molar refractivity (Wildman–Crippen MR) is 172 cm³/mol. The molecule has 2 aromatic heterocycles. The summed E-state index contributed by atoms with van der Waals surface area (Å²) in [5.74, 6) is 0. The van der Waals surface area contributed by atoms with E-state index in [4.69, 9.17) is 4.42 Å². The molecule has 42 heavy (non-hydrogen) atoms. The number of furan rings is 1. The van der Waals surface area contributed by atoms with Gasteiger partial charge in [-0.05, 0) is 94.0 Å². The first-order valence-corrected chi connectivity index (χ1v) is 14.4. The van der Waals surface area contributed by atoms with Crippen molar-refractivity contribution in [2.45, 2.75) is 0 Å². The van der Waals surface area contributed by atoms with Gasteiger partial charge in [0.25, 0.3) is 0 Å². The van der Waals surface area contributed by atoms with E-state index in [-0.39, 0.29) is 0 Å². The summed E-state index contributed by atoms with van der Waals surface area (Å²) in [4.78, 5) is 0. The molecule has 0 saturated heterocycles. The molecule has 194 valence electrons. The van der Waals surface area contributed by atoms with Crippen molar-refractivity contribution in [3.05, 3.63) is 132 Å². The van der Waals surface area contributed by atoms with Crippen LogP contribution in [0.25, 0.3) is 75.5 Å². The Balaban J connectivity index is 1.34. The standard InChI is InChI=1S/C38H20N2OS/c39-21-26-10-9-23(15-30(26)22-40)27-16-28(24-11-13-32-31-5-1-3-7-35(31)41-36(32)19-24)18-29(17-27)25-12-14-34-33-6-2-4-8-37(33)42-38(34)20-25/h1-20H. The molecule has 2 heterocycles. The first-order valence-electron chi connectivity index (χ1n) is 13.6. The third-order valence-corrected chi connectivity index (χ3v) is 9.08. The Morgan fingerprint density at radius 1 is 0.429 bits per heavy atom. The normalized spacial score (nSPS) is 11.3. The molecule has 0 aliphatic carbocycles. The molecule has 0 aliphatic rings. The van der Waals surface area contributed by atoms with Gasteiger partial charge in [-0.15, -0.1) is 11.3 Å². The van der Waals surface area contributed by atoms with Gasteiger partial charge in [-0.3, -0.25) is 0 Å². The predicted octanol–water partition coefficient (Wildman–Crippen LogP) is 10.7. The molecule has 0 N–H and O–H groups in total. The molecule has 0 radical (unpaired) electrons. The zero-order valence-electron chi connectivity index (χ0n) is 22.3. The number of hydrogen-bond acceptors (Lipinski definition) is 4. The fourth-order valence-corrected chi connectivity index (χ4v) is 7.00. The average Bonchev–Trinajstić information content (AvgIpc) is 3.61. The lowest BCUT2D eigenvalue weighted by Crippen LogP contribution is -1.89. The van der Waals surface area contributed by atoms with E-state index >= 15 is 0 Å². The molecule has 0 spiro atoms. The lowest BCUT2D eigenvalue weighted by Gasteiger charge is -2.12. The Bertz CT molecular complexity index is 2320. The fraction of sp³-hybridized carbons (Fsp3) is 0. The van der Waals surface area contributed by atoms with Gasteiger partial charge in [0.05, 0.1) is 11.1 Å². The number of benzene rings is 6. The van der Waals surface area contributed by atoms with Crippen LogP contribution in [0.2, 0.25) is 0 Å².